The lowest BCUT2D eigenvalue weighted by molar-refractivity contribution is 0.173. The molecule has 104 valence electrons. The highest BCUT2D eigenvalue weighted by Gasteiger charge is 2.28. The molecule has 0 aromatic heterocycles. The average molecular weight is 263 g/mol. The lowest BCUT2D eigenvalue weighted by Crippen LogP contribution is -2.32. The van der Waals surface area contributed by atoms with E-state index in [1.54, 1.807) is 6.07 Å². The summed E-state index contributed by atoms with van der Waals surface area (Å²) in [5, 5.41) is 10.1. The highest BCUT2D eigenvalue weighted by atomic mass is 16.7. The predicted molar refractivity (Wildman–Crippen MR) is 72.5 cm³/mol. The number of hydrogen-bond acceptors (Lipinski definition) is 4. The largest absolute Gasteiger partial charge is 0.507 e. The molecule has 4 heteroatoms. The summed E-state index contributed by atoms with van der Waals surface area (Å²) in [6, 6.07) is 4.19. The van der Waals surface area contributed by atoms with E-state index >= 15 is 0 Å². The highest BCUT2D eigenvalue weighted by Crippen LogP contribution is 2.38. The van der Waals surface area contributed by atoms with Gasteiger partial charge < -0.3 is 14.6 Å². The summed E-state index contributed by atoms with van der Waals surface area (Å²) in [5.74, 6) is 2.34. The maximum Gasteiger partial charge on any atom is 0.231 e. The van der Waals surface area contributed by atoms with Crippen LogP contribution in [0.3, 0.4) is 0 Å². The van der Waals surface area contributed by atoms with E-state index in [4.69, 9.17) is 9.47 Å². The summed E-state index contributed by atoms with van der Waals surface area (Å²) in [6.45, 7) is 6.67. The van der Waals surface area contributed by atoms with Gasteiger partial charge in [0.15, 0.2) is 11.5 Å². The number of nitrogens with zero attached hydrogens (tertiary/aromatic N) is 1. The molecule has 3 rings (SSSR count). The molecule has 4 nitrogen and oxygen atoms in total. The number of aromatic hydroxyl groups is 1. The van der Waals surface area contributed by atoms with Crippen LogP contribution in [0.5, 0.6) is 17.2 Å². The predicted octanol–water partition coefficient (Wildman–Crippen LogP) is 2.74. The van der Waals surface area contributed by atoms with Gasteiger partial charge in [0.25, 0.3) is 0 Å². The first-order valence-corrected chi connectivity index (χ1v) is 7.00. The molecule has 1 aromatic carbocycles. The van der Waals surface area contributed by atoms with E-state index < -0.39 is 0 Å². The highest BCUT2D eigenvalue weighted by molar-refractivity contribution is 5.51. The van der Waals surface area contributed by atoms with Crippen molar-refractivity contribution in [2.24, 2.45) is 5.92 Å². The Morgan fingerprint density at radius 2 is 2.05 bits per heavy atom. The Morgan fingerprint density at radius 1 is 1.32 bits per heavy atom. The summed E-state index contributed by atoms with van der Waals surface area (Å²) in [7, 11) is 0. The quantitative estimate of drug-likeness (QED) is 0.910. The third-order valence-electron chi connectivity index (χ3n) is 4.13. The van der Waals surface area contributed by atoms with Gasteiger partial charge in [-0.2, -0.15) is 0 Å². The molecule has 2 aliphatic rings. The van der Waals surface area contributed by atoms with Crippen molar-refractivity contribution in [2.45, 2.75) is 39.3 Å². The molecule has 2 aliphatic heterocycles. The smallest absolute Gasteiger partial charge is 0.231 e. The van der Waals surface area contributed by atoms with Gasteiger partial charge in [-0.3, -0.25) is 4.90 Å². The summed E-state index contributed by atoms with van der Waals surface area (Å²) in [4.78, 5) is 2.46. The lowest BCUT2D eigenvalue weighted by atomic mass is 10.0. The molecule has 2 heterocycles. The van der Waals surface area contributed by atoms with Crippen LogP contribution in [-0.2, 0) is 6.54 Å². The van der Waals surface area contributed by atoms with E-state index in [1.807, 2.05) is 6.07 Å². The number of likely N-dealkylation sites (tertiary alicyclic amines) is 1. The van der Waals surface area contributed by atoms with Crippen molar-refractivity contribution in [3.8, 4) is 17.2 Å². The van der Waals surface area contributed by atoms with Crippen LogP contribution >= 0.6 is 0 Å². The summed E-state index contributed by atoms with van der Waals surface area (Å²) in [6.07, 6.45) is 2.50. The molecule has 0 aliphatic carbocycles. The summed E-state index contributed by atoms with van der Waals surface area (Å²) < 4.78 is 10.6. The molecule has 1 atom stereocenters. The van der Waals surface area contributed by atoms with Gasteiger partial charge in [0.1, 0.15) is 5.75 Å². The molecule has 0 spiro atoms. The second-order valence-electron chi connectivity index (χ2n) is 5.76. The monoisotopic (exact) mass is 263 g/mol. The van der Waals surface area contributed by atoms with Crippen molar-refractivity contribution in [3.05, 3.63) is 17.7 Å². The Hall–Kier alpha value is -1.42. The molecule has 1 unspecified atom stereocenters. The first-order chi connectivity index (χ1) is 9.15. The topological polar surface area (TPSA) is 41.9 Å². The molecule has 0 amide bonds. The van der Waals surface area contributed by atoms with Crippen LogP contribution in [0.1, 0.15) is 32.3 Å². The van der Waals surface area contributed by atoms with Crippen LogP contribution in [0, 0.1) is 5.92 Å². The van der Waals surface area contributed by atoms with E-state index in [2.05, 4.69) is 18.7 Å². The zero-order chi connectivity index (χ0) is 13.4. The van der Waals surface area contributed by atoms with Gasteiger partial charge >= 0.3 is 0 Å². The molecule has 0 bridgehead atoms. The third kappa shape index (κ3) is 2.37. The van der Waals surface area contributed by atoms with E-state index in [9.17, 15) is 5.11 Å². The fourth-order valence-corrected chi connectivity index (χ4v) is 3.12. The van der Waals surface area contributed by atoms with Crippen LogP contribution in [0.2, 0.25) is 0 Å². The zero-order valence-corrected chi connectivity index (χ0v) is 11.6. The number of benzene rings is 1. The minimum atomic E-state index is 0.247. The maximum absolute atomic E-state index is 10.1. The fraction of sp³-hybridized carbons (Fsp3) is 0.600. The van der Waals surface area contributed by atoms with Crippen LogP contribution in [0.25, 0.3) is 0 Å². The number of fused-ring (bicyclic) bond motifs is 1. The van der Waals surface area contributed by atoms with Crippen molar-refractivity contribution in [1.29, 1.82) is 0 Å². The van der Waals surface area contributed by atoms with E-state index in [1.165, 1.54) is 12.8 Å². The molecule has 0 saturated carbocycles. The van der Waals surface area contributed by atoms with Crippen LogP contribution in [0.15, 0.2) is 12.1 Å². The molecule has 1 fully saturated rings. The molecule has 0 radical (unpaired) electrons. The fourth-order valence-electron chi connectivity index (χ4n) is 3.12. The van der Waals surface area contributed by atoms with Gasteiger partial charge in [-0.1, -0.05) is 13.8 Å². The second-order valence-corrected chi connectivity index (χ2v) is 5.76. The lowest BCUT2D eigenvalue weighted by Gasteiger charge is -2.27. The zero-order valence-electron chi connectivity index (χ0n) is 11.6. The third-order valence-corrected chi connectivity index (χ3v) is 4.13. The number of hydrogen-bond donors (Lipinski definition) is 1. The minimum absolute atomic E-state index is 0.247. The Bertz CT molecular complexity index is 473. The number of phenols is 1. The molecular formula is C15H21NO3. The van der Waals surface area contributed by atoms with E-state index in [0.717, 1.165) is 24.4 Å². The Morgan fingerprint density at radius 3 is 2.79 bits per heavy atom. The Kier molecular flexibility index (Phi) is 3.27. The molecule has 1 saturated heterocycles. The summed E-state index contributed by atoms with van der Waals surface area (Å²) in [5.41, 5.74) is 0.928. The molecule has 1 aromatic rings. The first-order valence-electron chi connectivity index (χ1n) is 7.00. The minimum Gasteiger partial charge on any atom is -0.507 e. The normalized spacial score (nSPS) is 22.4. The van der Waals surface area contributed by atoms with Crippen molar-refractivity contribution in [2.75, 3.05) is 13.3 Å². The number of rotatable bonds is 3. The SMILES string of the molecule is CC(C)C1CCCN1Cc1cc2c(cc1O)OCO2. The van der Waals surface area contributed by atoms with Gasteiger partial charge in [-0.05, 0) is 31.4 Å². The van der Waals surface area contributed by atoms with E-state index in [0.29, 0.717) is 23.5 Å². The Labute approximate surface area is 113 Å². The van der Waals surface area contributed by atoms with Crippen molar-refractivity contribution >= 4 is 0 Å². The van der Waals surface area contributed by atoms with Crippen molar-refractivity contribution in [3.63, 3.8) is 0 Å². The first kappa shape index (κ1) is 12.6. The summed E-state index contributed by atoms with van der Waals surface area (Å²) >= 11 is 0. The number of ether oxygens (including phenoxy) is 2. The van der Waals surface area contributed by atoms with Crippen molar-refractivity contribution < 1.29 is 14.6 Å². The molecule has 1 N–H and O–H groups in total. The van der Waals surface area contributed by atoms with Crippen LogP contribution in [0.4, 0.5) is 0 Å². The molecule has 19 heavy (non-hydrogen) atoms. The van der Waals surface area contributed by atoms with E-state index in [-0.39, 0.29) is 6.79 Å². The average Bonchev–Trinajstić information content (AvgIpc) is 2.98. The number of phenolic OH excluding ortho intramolecular Hbond substituents is 1. The van der Waals surface area contributed by atoms with Crippen molar-refractivity contribution in [1.82, 2.24) is 4.90 Å². The van der Waals surface area contributed by atoms with Crippen LogP contribution in [-0.4, -0.2) is 29.4 Å². The molecular weight excluding hydrogens is 242 g/mol. The van der Waals surface area contributed by atoms with Gasteiger partial charge in [0, 0.05) is 24.2 Å². The standard InChI is InChI=1S/C15H21NO3/c1-10(2)12-4-3-5-16(12)8-11-6-14-15(7-13(11)17)19-9-18-14/h6-7,10,12,17H,3-5,8-9H2,1-2H3. The Balaban J connectivity index is 1.80. The van der Waals surface area contributed by atoms with Gasteiger partial charge in [0.05, 0.1) is 0 Å². The van der Waals surface area contributed by atoms with Crippen LogP contribution < -0.4 is 9.47 Å². The van der Waals surface area contributed by atoms with Gasteiger partial charge in [-0.25, -0.2) is 0 Å². The second kappa shape index (κ2) is 4.93. The van der Waals surface area contributed by atoms with Gasteiger partial charge in [-0.15, -0.1) is 0 Å². The van der Waals surface area contributed by atoms with Gasteiger partial charge in [0.2, 0.25) is 6.79 Å². The maximum atomic E-state index is 10.1.